The molecule has 3 aliphatic rings. The molecule has 194 valence electrons. The van der Waals surface area contributed by atoms with Crippen LogP contribution in [0.3, 0.4) is 0 Å². The van der Waals surface area contributed by atoms with Gasteiger partial charge in [0.05, 0.1) is 5.70 Å². The summed E-state index contributed by atoms with van der Waals surface area (Å²) in [5.41, 5.74) is 15.6. The monoisotopic (exact) mass is 508 g/mol. The van der Waals surface area contributed by atoms with Crippen molar-refractivity contribution in [3.05, 3.63) is 155 Å². The van der Waals surface area contributed by atoms with Gasteiger partial charge in [-0.05, 0) is 116 Å². The van der Waals surface area contributed by atoms with Crippen LogP contribution in [-0.4, -0.2) is 6.04 Å². The van der Waals surface area contributed by atoms with Gasteiger partial charge in [0, 0.05) is 23.1 Å². The highest BCUT2D eigenvalue weighted by Crippen LogP contribution is 2.35. The first kappa shape index (κ1) is 26.1. The average Bonchev–Trinajstić information content (AvgIpc) is 3.57. The molecule has 0 heterocycles. The fraction of sp³-hybridized carbons (Fsp3) is 0.189. The van der Waals surface area contributed by atoms with E-state index in [0.717, 1.165) is 29.2 Å². The van der Waals surface area contributed by atoms with Gasteiger partial charge in [-0.1, -0.05) is 78.6 Å². The van der Waals surface area contributed by atoms with Crippen LogP contribution in [0.1, 0.15) is 43.7 Å². The SMILES string of the molecule is C1=CCCC1.CC1=CC=C=C=C1NC1C=CC(c2ccc(N(c3ccccc3)c3cccc(C)c3)cc2)=CC1. The summed E-state index contributed by atoms with van der Waals surface area (Å²) in [5, 5.41) is 3.56. The Hall–Kier alpha value is -4.48. The summed E-state index contributed by atoms with van der Waals surface area (Å²) in [5.74, 6) is 0. The quantitative estimate of drug-likeness (QED) is 0.263. The van der Waals surface area contributed by atoms with Crippen LogP contribution < -0.4 is 10.2 Å². The molecule has 1 unspecified atom stereocenters. The summed E-state index contributed by atoms with van der Waals surface area (Å²) in [6, 6.07) is 28.3. The van der Waals surface area contributed by atoms with Crippen LogP contribution in [0.2, 0.25) is 0 Å². The van der Waals surface area contributed by atoms with Gasteiger partial charge in [-0.15, -0.1) is 0 Å². The normalized spacial score (nSPS) is 17.1. The van der Waals surface area contributed by atoms with Gasteiger partial charge in [-0.25, -0.2) is 0 Å². The molecule has 0 spiro atoms. The molecule has 3 aromatic carbocycles. The smallest absolute Gasteiger partial charge is 0.0891 e. The Balaban J connectivity index is 0.000000555. The molecule has 0 fully saturated rings. The van der Waals surface area contributed by atoms with E-state index < -0.39 is 0 Å². The highest BCUT2D eigenvalue weighted by atomic mass is 15.1. The molecule has 3 aliphatic carbocycles. The van der Waals surface area contributed by atoms with E-state index in [-0.39, 0.29) is 6.04 Å². The molecule has 0 bridgehead atoms. The molecule has 2 nitrogen and oxygen atoms in total. The fourth-order valence-electron chi connectivity index (χ4n) is 4.92. The summed E-state index contributed by atoms with van der Waals surface area (Å²) < 4.78 is 0. The Kier molecular flexibility index (Phi) is 8.61. The van der Waals surface area contributed by atoms with Crippen molar-refractivity contribution in [2.24, 2.45) is 0 Å². The van der Waals surface area contributed by atoms with Crippen LogP contribution in [0.15, 0.2) is 144 Å². The van der Waals surface area contributed by atoms with E-state index in [1.165, 1.54) is 41.5 Å². The number of allylic oxidation sites excluding steroid dienone is 7. The van der Waals surface area contributed by atoms with E-state index in [1.54, 1.807) is 0 Å². The first-order chi connectivity index (χ1) is 19.2. The van der Waals surface area contributed by atoms with Crippen molar-refractivity contribution < 1.29 is 0 Å². The van der Waals surface area contributed by atoms with Crippen molar-refractivity contribution in [2.45, 2.75) is 45.6 Å². The standard InChI is InChI=1S/C32H28N2.C5H8/c1-24-9-8-13-31(23-24)34(29-11-4-3-5-12-29)30-21-17-27(18-22-30)26-15-19-28(20-16-26)33-32-14-7-6-10-25(32)2;1-2-4-5-3-1/h3-6,8-13,15-19,21-23,28,33H,20H2,1-2H3;1-2H,3-5H2. The van der Waals surface area contributed by atoms with Gasteiger partial charge < -0.3 is 10.2 Å². The zero-order chi connectivity index (χ0) is 26.9. The minimum absolute atomic E-state index is 0.267. The summed E-state index contributed by atoms with van der Waals surface area (Å²) >= 11 is 0. The Morgan fingerprint density at radius 2 is 1.56 bits per heavy atom. The van der Waals surface area contributed by atoms with E-state index in [9.17, 15) is 0 Å². The summed E-state index contributed by atoms with van der Waals surface area (Å²) in [4.78, 5) is 2.30. The molecule has 3 aromatic rings. The van der Waals surface area contributed by atoms with Crippen LogP contribution >= 0.6 is 0 Å². The lowest BCUT2D eigenvalue weighted by molar-refractivity contribution is 0.680. The number of rotatable bonds is 6. The van der Waals surface area contributed by atoms with Crippen molar-refractivity contribution in [1.82, 2.24) is 5.32 Å². The second kappa shape index (κ2) is 12.9. The summed E-state index contributed by atoms with van der Waals surface area (Å²) in [6.45, 7) is 4.23. The van der Waals surface area contributed by atoms with Crippen molar-refractivity contribution in [3.8, 4) is 0 Å². The second-order valence-electron chi connectivity index (χ2n) is 10.1. The molecule has 6 rings (SSSR count). The molecule has 1 atom stereocenters. The minimum atomic E-state index is 0.267. The molecule has 0 saturated heterocycles. The molecule has 0 saturated carbocycles. The number of aryl methyl sites for hydroxylation is 1. The number of nitrogens with one attached hydrogen (secondary N) is 1. The second-order valence-corrected chi connectivity index (χ2v) is 10.1. The van der Waals surface area contributed by atoms with Crippen LogP contribution in [0.5, 0.6) is 0 Å². The Labute approximate surface area is 233 Å². The van der Waals surface area contributed by atoms with Crippen LogP contribution in [0.4, 0.5) is 17.1 Å². The van der Waals surface area contributed by atoms with Crippen LogP contribution in [0, 0.1) is 6.92 Å². The Morgan fingerprint density at radius 1 is 0.821 bits per heavy atom. The summed E-state index contributed by atoms with van der Waals surface area (Å²) in [7, 11) is 0. The largest absolute Gasteiger partial charge is 0.371 e. The van der Waals surface area contributed by atoms with E-state index >= 15 is 0 Å². The molecule has 0 aromatic heterocycles. The third-order valence-electron chi connectivity index (χ3n) is 7.08. The molecule has 0 amide bonds. The summed E-state index contributed by atoms with van der Waals surface area (Å²) in [6.07, 6.45) is 20.2. The number of nitrogens with zero attached hydrogens (tertiary/aromatic N) is 1. The molecule has 0 radical (unpaired) electrons. The van der Waals surface area contributed by atoms with Crippen LogP contribution in [0.25, 0.3) is 5.57 Å². The number of para-hydroxylation sites is 1. The van der Waals surface area contributed by atoms with Gasteiger partial charge in [0.15, 0.2) is 0 Å². The van der Waals surface area contributed by atoms with Gasteiger partial charge in [0.25, 0.3) is 0 Å². The Bertz CT molecular complexity index is 1500. The first-order valence-electron chi connectivity index (χ1n) is 13.9. The van der Waals surface area contributed by atoms with Gasteiger partial charge in [0.2, 0.25) is 0 Å². The lowest BCUT2D eigenvalue weighted by atomic mass is 9.96. The maximum atomic E-state index is 3.56. The van der Waals surface area contributed by atoms with Crippen molar-refractivity contribution in [3.63, 3.8) is 0 Å². The minimum Gasteiger partial charge on any atom is -0.371 e. The van der Waals surface area contributed by atoms with Gasteiger partial charge in [-0.2, -0.15) is 0 Å². The molecule has 0 aliphatic heterocycles. The van der Waals surface area contributed by atoms with Gasteiger partial charge in [0.1, 0.15) is 0 Å². The maximum Gasteiger partial charge on any atom is 0.0891 e. The molecular formula is C37H36N2. The number of anilines is 3. The number of hydrogen-bond acceptors (Lipinski definition) is 2. The molecular weight excluding hydrogens is 472 g/mol. The predicted molar refractivity (Wildman–Crippen MR) is 166 cm³/mol. The van der Waals surface area contributed by atoms with Crippen molar-refractivity contribution in [2.75, 3.05) is 4.90 Å². The van der Waals surface area contributed by atoms with Crippen molar-refractivity contribution >= 4 is 22.6 Å². The first-order valence-corrected chi connectivity index (χ1v) is 13.9. The third-order valence-corrected chi connectivity index (χ3v) is 7.08. The Morgan fingerprint density at radius 3 is 2.21 bits per heavy atom. The highest BCUT2D eigenvalue weighted by Gasteiger charge is 2.15. The van der Waals surface area contributed by atoms with E-state index in [1.807, 2.05) is 6.08 Å². The zero-order valence-corrected chi connectivity index (χ0v) is 22.9. The maximum absolute atomic E-state index is 3.56. The lowest BCUT2D eigenvalue weighted by Crippen LogP contribution is -2.27. The number of benzene rings is 3. The van der Waals surface area contributed by atoms with E-state index in [2.05, 4.69) is 151 Å². The lowest BCUT2D eigenvalue weighted by Gasteiger charge is -2.26. The zero-order valence-electron chi connectivity index (χ0n) is 22.9. The van der Waals surface area contributed by atoms with Crippen molar-refractivity contribution in [1.29, 1.82) is 0 Å². The highest BCUT2D eigenvalue weighted by molar-refractivity contribution is 5.80. The van der Waals surface area contributed by atoms with Gasteiger partial charge >= 0.3 is 0 Å². The van der Waals surface area contributed by atoms with Crippen LogP contribution in [-0.2, 0) is 0 Å². The van der Waals surface area contributed by atoms with Gasteiger partial charge in [-0.3, -0.25) is 0 Å². The predicted octanol–water partition coefficient (Wildman–Crippen LogP) is 9.65. The molecule has 39 heavy (non-hydrogen) atoms. The fourth-order valence-corrected chi connectivity index (χ4v) is 4.92. The molecule has 2 heteroatoms. The van der Waals surface area contributed by atoms with E-state index in [4.69, 9.17) is 0 Å². The average molecular weight is 509 g/mol. The van der Waals surface area contributed by atoms with E-state index in [0.29, 0.717) is 0 Å². The molecule has 1 N–H and O–H groups in total. The third kappa shape index (κ3) is 6.89. The topological polar surface area (TPSA) is 15.3 Å². The number of hydrogen-bond donors (Lipinski definition) is 1.